The van der Waals surface area contributed by atoms with Crippen molar-refractivity contribution in [3.8, 4) is 11.3 Å². The third-order valence-corrected chi connectivity index (χ3v) is 3.67. The molecule has 3 rings (SSSR count). The molecule has 0 saturated heterocycles. The maximum Gasteiger partial charge on any atom is 0.287 e. The van der Waals surface area contributed by atoms with Gasteiger partial charge in [-0.1, -0.05) is 30.3 Å². The maximum atomic E-state index is 10.8. The average molecular weight is 323 g/mol. The highest BCUT2D eigenvalue weighted by atomic mass is 16.6. The minimum atomic E-state index is -0.446. The van der Waals surface area contributed by atoms with Crippen molar-refractivity contribution in [3.63, 3.8) is 0 Å². The molecule has 0 fully saturated rings. The predicted molar refractivity (Wildman–Crippen MR) is 91.6 cm³/mol. The van der Waals surface area contributed by atoms with E-state index in [0.29, 0.717) is 12.4 Å². The van der Waals surface area contributed by atoms with Gasteiger partial charge in [0.1, 0.15) is 12.0 Å². The van der Waals surface area contributed by atoms with E-state index in [1.807, 2.05) is 43.6 Å². The summed E-state index contributed by atoms with van der Waals surface area (Å²) in [5.41, 5.74) is 3.70. The summed E-state index contributed by atoms with van der Waals surface area (Å²) in [6.45, 7) is 2.33. The minimum absolute atomic E-state index is 0.00981. The number of pyridine rings is 1. The maximum absolute atomic E-state index is 10.8. The summed E-state index contributed by atoms with van der Waals surface area (Å²) in [7, 11) is 1.88. The number of benzene rings is 1. The van der Waals surface area contributed by atoms with E-state index in [0.717, 1.165) is 22.4 Å². The molecule has 7 nitrogen and oxygen atoms in total. The average Bonchev–Trinajstić information content (AvgIpc) is 2.95. The molecular formula is C17H17N5O2. The zero-order valence-corrected chi connectivity index (χ0v) is 13.4. The molecule has 0 aliphatic rings. The Kier molecular flexibility index (Phi) is 4.24. The minimum Gasteiger partial charge on any atom is -0.366 e. The molecule has 0 unspecified atom stereocenters. The van der Waals surface area contributed by atoms with Crippen molar-refractivity contribution < 1.29 is 4.92 Å². The highest BCUT2D eigenvalue weighted by Crippen LogP contribution is 2.23. The fourth-order valence-corrected chi connectivity index (χ4v) is 2.53. The predicted octanol–water partition coefficient (Wildman–Crippen LogP) is 3.31. The lowest BCUT2D eigenvalue weighted by Crippen LogP contribution is -2.04. The molecule has 24 heavy (non-hydrogen) atoms. The molecule has 0 bridgehead atoms. The summed E-state index contributed by atoms with van der Waals surface area (Å²) >= 11 is 0. The van der Waals surface area contributed by atoms with E-state index >= 15 is 0 Å². The summed E-state index contributed by atoms with van der Waals surface area (Å²) in [4.78, 5) is 14.5. The number of anilines is 1. The van der Waals surface area contributed by atoms with Gasteiger partial charge in [-0.25, -0.2) is 4.98 Å². The third-order valence-electron chi connectivity index (χ3n) is 3.67. The van der Waals surface area contributed by atoms with Crippen molar-refractivity contribution in [3.05, 3.63) is 70.0 Å². The van der Waals surface area contributed by atoms with Gasteiger partial charge in [0.2, 0.25) is 0 Å². The van der Waals surface area contributed by atoms with Gasteiger partial charge in [-0.15, -0.1) is 0 Å². The van der Waals surface area contributed by atoms with Gasteiger partial charge in [0, 0.05) is 37.0 Å². The van der Waals surface area contributed by atoms with Gasteiger partial charge in [0.25, 0.3) is 5.69 Å². The zero-order chi connectivity index (χ0) is 17.1. The smallest absolute Gasteiger partial charge is 0.287 e. The number of nitro groups is 1. The summed E-state index contributed by atoms with van der Waals surface area (Å²) in [5, 5.41) is 18.5. The van der Waals surface area contributed by atoms with Crippen molar-refractivity contribution in [1.82, 2.24) is 14.8 Å². The van der Waals surface area contributed by atoms with Crippen LogP contribution >= 0.6 is 0 Å². The van der Waals surface area contributed by atoms with E-state index in [2.05, 4.69) is 15.4 Å². The first-order valence-electron chi connectivity index (χ1n) is 7.47. The van der Waals surface area contributed by atoms with Crippen molar-refractivity contribution in [2.24, 2.45) is 7.05 Å². The van der Waals surface area contributed by atoms with Gasteiger partial charge in [-0.05, 0) is 12.5 Å². The Labute approximate surface area is 139 Å². The SMILES string of the molecule is Cc1cc([N+](=O)[O-])cnc1NCc1cn(C)nc1-c1ccccc1. The lowest BCUT2D eigenvalue weighted by Gasteiger charge is -2.08. The zero-order valence-electron chi connectivity index (χ0n) is 13.4. The number of aryl methyl sites for hydroxylation is 2. The Hall–Kier alpha value is -3.22. The molecule has 1 aromatic carbocycles. The number of rotatable bonds is 5. The lowest BCUT2D eigenvalue weighted by molar-refractivity contribution is -0.385. The molecule has 7 heteroatoms. The second kappa shape index (κ2) is 6.49. The molecule has 0 spiro atoms. The first-order chi connectivity index (χ1) is 11.5. The number of aromatic nitrogens is 3. The Bertz CT molecular complexity index is 874. The second-order valence-corrected chi connectivity index (χ2v) is 5.51. The molecule has 0 radical (unpaired) electrons. The van der Waals surface area contributed by atoms with Crippen LogP contribution in [0.4, 0.5) is 11.5 Å². The first-order valence-corrected chi connectivity index (χ1v) is 7.47. The van der Waals surface area contributed by atoms with Crippen molar-refractivity contribution in [1.29, 1.82) is 0 Å². The fraction of sp³-hybridized carbons (Fsp3) is 0.176. The Morgan fingerprint density at radius 1 is 1.29 bits per heavy atom. The third kappa shape index (κ3) is 3.24. The molecule has 3 aromatic rings. The molecule has 2 heterocycles. The van der Waals surface area contributed by atoms with Crippen LogP contribution in [-0.4, -0.2) is 19.7 Å². The Morgan fingerprint density at radius 3 is 2.71 bits per heavy atom. The summed E-state index contributed by atoms with van der Waals surface area (Å²) in [6.07, 6.45) is 3.22. The Morgan fingerprint density at radius 2 is 2.04 bits per heavy atom. The molecule has 0 amide bonds. The first kappa shape index (κ1) is 15.7. The molecule has 122 valence electrons. The monoisotopic (exact) mass is 323 g/mol. The van der Waals surface area contributed by atoms with Crippen LogP contribution in [0.25, 0.3) is 11.3 Å². The van der Waals surface area contributed by atoms with E-state index in [4.69, 9.17) is 0 Å². The quantitative estimate of drug-likeness (QED) is 0.575. The van der Waals surface area contributed by atoms with Crippen molar-refractivity contribution in [2.45, 2.75) is 13.5 Å². The van der Waals surface area contributed by atoms with E-state index < -0.39 is 4.92 Å². The van der Waals surface area contributed by atoms with Crippen LogP contribution in [0.2, 0.25) is 0 Å². The molecule has 0 atom stereocenters. The highest BCUT2D eigenvalue weighted by Gasteiger charge is 2.12. The molecule has 1 N–H and O–H groups in total. The highest BCUT2D eigenvalue weighted by molar-refractivity contribution is 5.63. The van der Waals surface area contributed by atoms with Gasteiger partial charge in [0.05, 0.1) is 10.6 Å². The van der Waals surface area contributed by atoms with Crippen molar-refractivity contribution >= 4 is 11.5 Å². The Balaban J connectivity index is 1.82. The van der Waals surface area contributed by atoms with E-state index in [1.165, 1.54) is 12.3 Å². The molecule has 2 aromatic heterocycles. The van der Waals surface area contributed by atoms with Crippen molar-refractivity contribution in [2.75, 3.05) is 5.32 Å². The second-order valence-electron chi connectivity index (χ2n) is 5.51. The summed E-state index contributed by atoms with van der Waals surface area (Å²) in [5.74, 6) is 0.628. The molecule has 0 aliphatic carbocycles. The topological polar surface area (TPSA) is 85.9 Å². The lowest BCUT2D eigenvalue weighted by atomic mass is 10.1. The standard InChI is InChI=1S/C17H17N5O2/c1-12-8-15(22(23)24)10-19-17(12)18-9-14-11-21(2)20-16(14)13-6-4-3-5-7-13/h3-8,10-11H,9H2,1-2H3,(H,18,19). The van der Waals surface area contributed by atoms with Crippen LogP contribution in [0.5, 0.6) is 0 Å². The van der Waals surface area contributed by atoms with Crippen LogP contribution < -0.4 is 5.32 Å². The fourth-order valence-electron chi connectivity index (χ4n) is 2.53. The van der Waals surface area contributed by atoms with Gasteiger partial charge >= 0.3 is 0 Å². The van der Waals surface area contributed by atoms with Crippen LogP contribution in [0.3, 0.4) is 0 Å². The molecular weight excluding hydrogens is 306 g/mol. The van der Waals surface area contributed by atoms with Gasteiger partial charge in [0.15, 0.2) is 0 Å². The molecule has 0 saturated carbocycles. The van der Waals surface area contributed by atoms with E-state index in [1.54, 1.807) is 11.6 Å². The van der Waals surface area contributed by atoms with Gasteiger partial charge < -0.3 is 5.32 Å². The van der Waals surface area contributed by atoms with Gasteiger partial charge in [-0.2, -0.15) is 5.10 Å². The largest absolute Gasteiger partial charge is 0.366 e. The van der Waals surface area contributed by atoms with E-state index in [-0.39, 0.29) is 5.69 Å². The van der Waals surface area contributed by atoms with Crippen LogP contribution in [0.1, 0.15) is 11.1 Å². The summed E-state index contributed by atoms with van der Waals surface area (Å²) < 4.78 is 1.77. The number of hydrogen-bond donors (Lipinski definition) is 1. The number of hydrogen-bond acceptors (Lipinski definition) is 5. The van der Waals surface area contributed by atoms with Crippen LogP contribution in [0, 0.1) is 17.0 Å². The van der Waals surface area contributed by atoms with Gasteiger partial charge in [-0.3, -0.25) is 14.8 Å². The van der Waals surface area contributed by atoms with E-state index in [9.17, 15) is 10.1 Å². The molecule has 0 aliphatic heterocycles. The van der Waals surface area contributed by atoms with Crippen LogP contribution in [0.15, 0.2) is 48.8 Å². The van der Waals surface area contributed by atoms with Crippen LogP contribution in [-0.2, 0) is 13.6 Å². The normalized spacial score (nSPS) is 10.6. The number of nitrogens with zero attached hydrogens (tertiary/aromatic N) is 4. The summed E-state index contributed by atoms with van der Waals surface area (Å²) in [6, 6.07) is 11.5. The number of nitrogens with one attached hydrogen (secondary N) is 1.